The zero-order chi connectivity index (χ0) is 17.7. The standard InChI is InChI=1S/C17H16ClNO4S/c1-10-4-3-5-12(8-10)16(21)19-11(2)17(22)23-9-13(20)14-6-7-15(18)24-14/h3-8,11H,9H2,1-2H3,(H,19,21)/t11-/m0/s1. The summed E-state index contributed by atoms with van der Waals surface area (Å²) in [4.78, 5) is 36.3. The fourth-order valence-electron chi connectivity index (χ4n) is 1.92. The molecule has 1 aromatic heterocycles. The van der Waals surface area contributed by atoms with Crippen molar-refractivity contribution in [2.45, 2.75) is 19.9 Å². The average Bonchev–Trinajstić information content (AvgIpc) is 2.98. The Hall–Kier alpha value is -2.18. The molecule has 0 bridgehead atoms. The lowest BCUT2D eigenvalue weighted by atomic mass is 10.1. The first-order valence-electron chi connectivity index (χ1n) is 7.19. The molecule has 0 aliphatic rings. The predicted octanol–water partition coefficient (Wildman–Crippen LogP) is 3.25. The Bertz CT molecular complexity index is 771. The van der Waals surface area contributed by atoms with Crippen LogP contribution in [0.2, 0.25) is 4.34 Å². The Morgan fingerprint density at radius 2 is 2.00 bits per heavy atom. The lowest BCUT2D eigenvalue weighted by molar-refractivity contribution is -0.144. The Morgan fingerprint density at radius 3 is 2.62 bits per heavy atom. The maximum Gasteiger partial charge on any atom is 0.328 e. The highest BCUT2D eigenvalue weighted by molar-refractivity contribution is 7.18. The number of rotatable bonds is 6. The molecule has 2 rings (SSSR count). The lowest BCUT2D eigenvalue weighted by Crippen LogP contribution is -2.40. The normalized spacial score (nSPS) is 11.6. The first-order valence-corrected chi connectivity index (χ1v) is 8.39. The second kappa shape index (κ2) is 8.08. The molecule has 0 unspecified atom stereocenters. The Kier molecular flexibility index (Phi) is 6.11. The molecule has 0 saturated carbocycles. The summed E-state index contributed by atoms with van der Waals surface area (Å²) < 4.78 is 5.44. The first-order chi connectivity index (χ1) is 11.4. The van der Waals surface area contributed by atoms with Crippen molar-refractivity contribution in [3.63, 3.8) is 0 Å². The van der Waals surface area contributed by atoms with Crippen LogP contribution in [0.3, 0.4) is 0 Å². The van der Waals surface area contributed by atoms with E-state index in [0.717, 1.165) is 16.9 Å². The summed E-state index contributed by atoms with van der Waals surface area (Å²) in [6.07, 6.45) is 0. The van der Waals surface area contributed by atoms with Gasteiger partial charge in [0.1, 0.15) is 6.04 Å². The largest absolute Gasteiger partial charge is 0.456 e. The minimum atomic E-state index is -0.863. The van der Waals surface area contributed by atoms with Crippen LogP contribution in [0.5, 0.6) is 0 Å². The highest BCUT2D eigenvalue weighted by Gasteiger charge is 2.20. The van der Waals surface area contributed by atoms with Crippen LogP contribution in [-0.4, -0.2) is 30.3 Å². The molecule has 0 radical (unpaired) electrons. The number of ketones is 1. The van der Waals surface area contributed by atoms with E-state index in [-0.39, 0.29) is 18.3 Å². The number of carbonyl (C=O) groups excluding carboxylic acids is 3. The molecule has 7 heteroatoms. The molecule has 5 nitrogen and oxygen atoms in total. The van der Waals surface area contributed by atoms with E-state index in [1.807, 2.05) is 13.0 Å². The van der Waals surface area contributed by atoms with Gasteiger partial charge in [0, 0.05) is 5.56 Å². The van der Waals surface area contributed by atoms with E-state index in [0.29, 0.717) is 14.8 Å². The molecule has 126 valence electrons. The SMILES string of the molecule is Cc1cccc(C(=O)N[C@@H](C)C(=O)OCC(=O)c2ccc(Cl)s2)c1. The van der Waals surface area contributed by atoms with E-state index >= 15 is 0 Å². The number of benzene rings is 1. The van der Waals surface area contributed by atoms with Gasteiger partial charge in [-0.15, -0.1) is 11.3 Å². The molecule has 1 amide bonds. The summed E-state index contributed by atoms with van der Waals surface area (Å²) in [5, 5.41) is 2.55. The van der Waals surface area contributed by atoms with Crippen molar-refractivity contribution in [2.75, 3.05) is 6.61 Å². The van der Waals surface area contributed by atoms with Crippen LogP contribution < -0.4 is 5.32 Å². The topological polar surface area (TPSA) is 72.5 Å². The number of ether oxygens (including phenoxy) is 1. The highest BCUT2D eigenvalue weighted by atomic mass is 35.5. The van der Waals surface area contributed by atoms with Gasteiger partial charge in [-0.1, -0.05) is 29.3 Å². The molecular formula is C17H16ClNO4S. The van der Waals surface area contributed by atoms with Crippen LogP contribution in [-0.2, 0) is 9.53 Å². The number of thiophene rings is 1. The third kappa shape index (κ3) is 4.91. The van der Waals surface area contributed by atoms with Crippen molar-refractivity contribution >= 4 is 40.6 Å². The van der Waals surface area contributed by atoms with Gasteiger partial charge in [-0.05, 0) is 38.1 Å². The Balaban J connectivity index is 1.85. The third-order valence-electron chi connectivity index (χ3n) is 3.17. The fourth-order valence-corrected chi connectivity index (χ4v) is 2.89. The summed E-state index contributed by atoms with van der Waals surface area (Å²) in [6, 6.07) is 9.33. The van der Waals surface area contributed by atoms with Crippen LogP contribution in [0.4, 0.5) is 0 Å². The lowest BCUT2D eigenvalue weighted by Gasteiger charge is -2.13. The molecular weight excluding hydrogens is 350 g/mol. The molecule has 0 spiro atoms. The Morgan fingerprint density at radius 1 is 1.25 bits per heavy atom. The monoisotopic (exact) mass is 365 g/mol. The number of Topliss-reactive ketones (excluding diaryl/α,β-unsaturated/α-hetero) is 1. The number of halogens is 1. The van der Waals surface area contributed by atoms with Gasteiger partial charge >= 0.3 is 5.97 Å². The van der Waals surface area contributed by atoms with E-state index in [9.17, 15) is 14.4 Å². The van der Waals surface area contributed by atoms with Crippen LogP contribution in [0.1, 0.15) is 32.5 Å². The third-order valence-corrected chi connectivity index (χ3v) is 4.45. The summed E-state index contributed by atoms with van der Waals surface area (Å²) in [5.74, 6) is -1.39. The van der Waals surface area contributed by atoms with Crippen molar-refractivity contribution < 1.29 is 19.1 Å². The minimum Gasteiger partial charge on any atom is -0.456 e. The number of carbonyl (C=O) groups is 3. The van der Waals surface area contributed by atoms with E-state index in [4.69, 9.17) is 16.3 Å². The Labute approximate surface area is 148 Å². The average molecular weight is 366 g/mol. The van der Waals surface area contributed by atoms with Crippen LogP contribution in [0.25, 0.3) is 0 Å². The number of aryl methyl sites for hydroxylation is 1. The maximum atomic E-state index is 12.1. The zero-order valence-electron chi connectivity index (χ0n) is 13.2. The zero-order valence-corrected chi connectivity index (χ0v) is 14.7. The van der Waals surface area contributed by atoms with E-state index in [2.05, 4.69) is 5.32 Å². The second-order valence-corrected chi connectivity index (χ2v) is 6.91. The fraction of sp³-hybridized carbons (Fsp3) is 0.235. The van der Waals surface area contributed by atoms with Crippen LogP contribution in [0, 0.1) is 6.92 Å². The highest BCUT2D eigenvalue weighted by Crippen LogP contribution is 2.21. The molecule has 1 atom stereocenters. The molecule has 0 fully saturated rings. The second-order valence-electron chi connectivity index (χ2n) is 5.20. The van der Waals surface area contributed by atoms with Crippen LogP contribution >= 0.6 is 22.9 Å². The van der Waals surface area contributed by atoms with Crippen molar-refractivity contribution in [2.24, 2.45) is 0 Å². The van der Waals surface area contributed by atoms with Gasteiger partial charge in [0.2, 0.25) is 5.78 Å². The molecule has 1 N–H and O–H groups in total. The van der Waals surface area contributed by atoms with E-state index < -0.39 is 12.0 Å². The minimum absolute atomic E-state index is 0.336. The number of hydrogen-bond acceptors (Lipinski definition) is 5. The smallest absolute Gasteiger partial charge is 0.328 e. The van der Waals surface area contributed by atoms with E-state index in [1.54, 1.807) is 30.3 Å². The van der Waals surface area contributed by atoms with Gasteiger partial charge in [0.25, 0.3) is 5.91 Å². The van der Waals surface area contributed by atoms with Gasteiger partial charge < -0.3 is 10.1 Å². The van der Waals surface area contributed by atoms with Gasteiger partial charge in [0.05, 0.1) is 9.21 Å². The summed E-state index contributed by atoms with van der Waals surface area (Å²) in [6.45, 7) is 2.99. The molecule has 1 aromatic carbocycles. The van der Waals surface area contributed by atoms with Gasteiger partial charge in [0.15, 0.2) is 6.61 Å². The molecule has 0 aliphatic carbocycles. The quantitative estimate of drug-likeness (QED) is 0.630. The predicted molar refractivity (Wildman–Crippen MR) is 92.7 cm³/mol. The number of hydrogen-bond donors (Lipinski definition) is 1. The molecule has 24 heavy (non-hydrogen) atoms. The molecule has 2 aromatic rings. The van der Waals surface area contributed by atoms with Gasteiger partial charge in [-0.2, -0.15) is 0 Å². The summed E-state index contributed by atoms with van der Waals surface area (Å²) in [5.41, 5.74) is 1.40. The van der Waals surface area contributed by atoms with Gasteiger partial charge in [-0.25, -0.2) is 4.79 Å². The number of amides is 1. The number of nitrogens with one attached hydrogen (secondary N) is 1. The van der Waals surface area contributed by atoms with Crippen LogP contribution in [0.15, 0.2) is 36.4 Å². The summed E-state index contributed by atoms with van der Waals surface area (Å²) in [7, 11) is 0. The van der Waals surface area contributed by atoms with Crippen molar-refractivity contribution in [1.29, 1.82) is 0 Å². The first kappa shape index (κ1) is 18.2. The van der Waals surface area contributed by atoms with E-state index in [1.165, 1.54) is 6.92 Å². The van der Waals surface area contributed by atoms with Crippen molar-refractivity contribution in [3.05, 3.63) is 56.7 Å². The van der Waals surface area contributed by atoms with Crippen molar-refractivity contribution in [3.8, 4) is 0 Å². The summed E-state index contributed by atoms with van der Waals surface area (Å²) >= 11 is 6.88. The number of esters is 1. The van der Waals surface area contributed by atoms with Gasteiger partial charge in [-0.3, -0.25) is 9.59 Å². The molecule has 1 heterocycles. The molecule has 0 saturated heterocycles. The molecule has 0 aliphatic heterocycles. The van der Waals surface area contributed by atoms with Crippen molar-refractivity contribution in [1.82, 2.24) is 5.32 Å². The maximum absolute atomic E-state index is 12.1.